The van der Waals surface area contributed by atoms with E-state index in [1.807, 2.05) is 0 Å². The van der Waals surface area contributed by atoms with Crippen LogP contribution in [0.5, 0.6) is 11.5 Å². The molecule has 0 fully saturated rings. The van der Waals surface area contributed by atoms with Crippen LogP contribution in [0.1, 0.15) is 26.7 Å². The van der Waals surface area contributed by atoms with Crippen molar-refractivity contribution in [1.82, 2.24) is 0 Å². The summed E-state index contributed by atoms with van der Waals surface area (Å²) in [6.07, 6.45) is -0.812. The molecule has 0 unspecified atom stereocenters. The Bertz CT molecular complexity index is 2480. The number of rotatable bonds is 16. The molecule has 0 saturated carbocycles. The van der Waals surface area contributed by atoms with Crippen molar-refractivity contribution in [2.24, 2.45) is 20.5 Å². The number of nitrogens with one attached hydrogen (secondary N) is 2. The molecule has 2 amide bonds. The van der Waals surface area contributed by atoms with Crippen molar-refractivity contribution in [3.05, 3.63) is 93.0 Å². The molecule has 0 radical (unpaired) electrons. The summed E-state index contributed by atoms with van der Waals surface area (Å²) in [4.78, 5) is 64.9. The van der Waals surface area contributed by atoms with Crippen LogP contribution < -0.4 is 20.1 Å². The molecule has 61 heavy (non-hydrogen) atoms. The second-order valence-electron chi connectivity index (χ2n) is 11.6. The van der Waals surface area contributed by atoms with Crippen molar-refractivity contribution in [1.29, 1.82) is 0 Å². The number of azo groups is 2. The molecule has 0 aliphatic heterocycles. The van der Waals surface area contributed by atoms with Gasteiger partial charge in [-0.1, -0.05) is 24.3 Å². The Morgan fingerprint density at radius 2 is 0.885 bits per heavy atom. The van der Waals surface area contributed by atoms with Crippen molar-refractivity contribution >= 4 is 138 Å². The molecular formula is C34H30BaN8O16S2. The van der Waals surface area contributed by atoms with Gasteiger partial charge in [0.2, 0.25) is 11.8 Å². The summed E-state index contributed by atoms with van der Waals surface area (Å²) in [5.41, 5.74) is -3.17. The molecule has 316 valence electrons. The summed E-state index contributed by atoms with van der Waals surface area (Å²) in [5.74, 6) is -1.90. The molecule has 2 N–H and O–H groups in total. The number of nitro groups is 2. The first-order valence-electron chi connectivity index (χ1n) is 16.3. The number of ether oxygens (including phenoxy) is 2. The van der Waals surface area contributed by atoms with Gasteiger partial charge in [-0.3, -0.25) is 39.4 Å². The number of carbonyl (C=O) groups excluding carboxylic acids is 4. The number of nitrogens with zero attached hydrogens (tertiary/aromatic N) is 6. The van der Waals surface area contributed by atoms with E-state index in [4.69, 9.17) is 9.47 Å². The summed E-state index contributed by atoms with van der Waals surface area (Å²) < 4.78 is 79.2. The van der Waals surface area contributed by atoms with Gasteiger partial charge in [-0.15, -0.1) is 20.5 Å². The monoisotopic (exact) mass is 1010 g/mol. The van der Waals surface area contributed by atoms with E-state index < -0.39 is 87.3 Å². The Balaban J connectivity index is 0.000000413. The van der Waals surface area contributed by atoms with E-state index in [2.05, 4.69) is 31.1 Å². The average molecular weight is 1010 g/mol. The SMILES string of the molecule is COc1cccc(NC(=O)CC(C)=O)c1N=Nc1c([N+](=O)[O-])cccc1S(=O)(=O)[O-].COc1cccc(NC(=O)CC(C)=O)c1N=Nc1c([N+](=O)[O-])cccc1S(=O)(=O)[O-].[Ba+2]. The standard InChI is InChI=1S/2C17H16N4O8S.Ba/c2*1-10(22)9-15(23)18-11-5-3-7-13(29-2)16(11)19-20-17-12(21(24)25)6-4-8-14(17)30(26,27)28;/h2*3-8H,9H2,1-2H3,(H,18,23)(H,26,27,28);/q;;+2/p-2. The first-order chi connectivity index (χ1) is 28.1. The van der Waals surface area contributed by atoms with Crippen LogP contribution in [0.4, 0.5) is 45.5 Å². The normalized spacial score (nSPS) is 11.1. The van der Waals surface area contributed by atoms with Gasteiger partial charge in [-0.25, -0.2) is 16.8 Å². The van der Waals surface area contributed by atoms with Crippen molar-refractivity contribution in [3.8, 4) is 11.5 Å². The van der Waals surface area contributed by atoms with Gasteiger partial charge >= 0.3 is 48.9 Å². The number of carbonyl (C=O) groups is 4. The van der Waals surface area contributed by atoms with Crippen LogP contribution in [-0.2, 0) is 39.4 Å². The van der Waals surface area contributed by atoms with Crippen molar-refractivity contribution in [3.63, 3.8) is 0 Å². The summed E-state index contributed by atoms with van der Waals surface area (Å²) in [7, 11) is -7.63. The average Bonchev–Trinajstić information content (AvgIpc) is 3.15. The van der Waals surface area contributed by atoms with E-state index in [-0.39, 0.29) is 94.7 Å². The number of Topliss-reactive ketones (excluding diaryl/α,β-unsaturated/α-hetero) is 2. The minimum Gasteiger partial charge on any atom is -0.744 e. The molecule has 0 aliphatic carbocycles. The molecule has 0 bridgehead atoms. The maximum atomic E-state index is 11.9. The Hall–Kier alpha value is -5.85. The zero-order chi connectivity index (χ0) is 44.9. The topological polar surface area (TPSA) is 361 Å². The summed E-state index contributed by atoms with van der Waals surface area (Å²) in [6, 6.07) is 14.4. The number of hydrogen-bond acceptors (Lipinski definition) is 20. The molecule has 0 aliphatic rings. The zero-order valence-electron chi connectivity index (χ0n) is 32.1. The van der Waals surface area contributed by atoms with Crippen LogP contribution in [-0.4, -0.2) is 122 Å². The first-order valence-corrected chi connectivity index (χ1v) is 19.1. The maximum absolute atomic E-state index is 11.9. The number of nitro benzene ring substituents is 2. The van der Waals surface area contributed by atoms with Gasteiger partial charge in [0.05, 0.1) is 58.1 Å². The quantitative estimate of drug-likeness (QED) is 0.0359. The molecule has 0 spiro atoms. The van der Waals surface area contributed by atoms with Crippen molar-refractivity contribution in [2.75, 3.05) is 24.9 Å². The van der Waals surface area contributed by atoms with Gasteiger partial charge in [-0.05, 0) is 50.2 Å². The predicted octanol–water partition coefficient (Wildman–Crippen LogP) is 5.30. The van der Waals surface area contributed by atoms with Gasteiger partial charge in [0.25, 0.3) is 11.4 Å². The number of benzene rings is 4. The minimum atomic E-state index is -5.10. The summed E-state index contributed by atoms with van der Waals surface area (Å²) in [6.45, 7) is 2.45. The van der Waals surface area contributed by atoms with Crippen LogP contribution in [0.2, 0.25) is 0 Å². The third-order valence-corrected chi connectivity index (χ3v) is 8.93. The Morgan fingerprint density at radius 3 is 1.16 bits per heavy atom. The van der Waals surface area contributed by atoms with Gasteiger partial charge in [0, 0.05) is 12.1 Å². The second-order valence-corrected chi connectivity index (χ2v) is 14.3. The number of amides is 2. The van der Waals surface area contributed by atoms with Crippen LogP contribution in [0.15, 0.2) is 103 Å². The van der Waals surface area contributed by atoms with Gasteiger partial charge in [0.1, 0.15) is 43.3 Å². The number of anilines is 2. The van der Waals surface area contributed by atoms with E-state index in [9.17, 15) is 65.3 Å². The van der Waals surface area contributed by atoms with Crippen LogP contribution >= 0.6 is 0 Å². The third kappa shape index (κ3) is 14.7. The van der Waals surface area contributed by atoms with Gasteiger partial charge < -0.3 is 29.2 Å². The van der Waals surface area contributed by atoms with E-state index >= 15 is 0 Å². The molecule has 0 aromatic heterocycles. The van der Waals surface area contributed by atoms with Crippen LogP contribution in [0.25, 0.3) is 0 Å². The van der Waals surface area contributed by atoms with E-state index in [0.29, 0.717) is 0 Å². The fourth-order valence-electron chi connectivity index (χ4n) is 4.74. The molecule has 0 saturated heterocycles. The molecule has 0 heterocycles. The molecular weight excluding hydrogens is 978 g/mol. The van der Waals surface area contributed by atoms with Crippen molar-refractivity contribution < 1.29 is 64.4 Å². The second kappa shape index (κ2) is 22.7. The number of ketones is 2. The number of hydrogen-bond donors (Lipinski definition) is 2. The molecule has 24 nitrogen and oxygen atoms in total. The number of methoxy groups -OCH3 is 2. The molecule has 4 rings (SSSR count). The summed E-state index contributed by atoms with van der Waals surface area (Å²) in [5, 5.41) is 42.1. The summed E-state index contributed by atoms with van der Waals surface area (Å²) >= 11 is 0. The maximum Gasteiger partial charge on any atom is 2.00 e. The largest absolute Gasteiger partial charge is 2.00 e. The molecule has 4 aromatic carbocycles. The fourth-order valence-corrected chi connectivity index (χ4v) is 6.00. The Kier molecular flexibility index (Phi) is 19.1. The molecule has 27 heteroatoms. The van der Waals surface area contributed by atoms with Crippen molar-refractivity contribution in [2.45, 2.75) is 36.5 Å². The molecule has 4 aromatic rings. The fraction of sp³-hybridized carbons (Fsp3) is 0.176. The smallest absolute Gasteiger partial charge is 0.744 e. The van der Waals surface area contributed by atoms with Gasteiger partial charge in [-0.2, -0.15) is 0 Å². The zero-order valence-corrected chi connectivity index (χ0v) is 38.2. The third-order valence-electron chi connectivity index (χ3n) is 7.19. The van der Waals surface area contributed by atoms with Crippen LogP contribution in [0, 0.1) is 20.2 Å². The molecule has 0 atom stereocenters. The predicted molar refractivity (Wildman–Crippen MR) is 210 cm³/mol. The van der Waals surface area contributed by atoms with E-state index in [1.165, 1.54) is 64.5 Å². The van der Waals surface area contributed by atoms with Crippen LogP contribution in [0.3, 0.4) is 0 Å². The van der Waals surface area contributed by atoms with E-state index in [1.54, 1.807) is 0 Å². The first kappa shape index (κ1) is 51.3. The van der Waals surface area contributed by atoms with Gasteiger partial charge in [0.15, 0.2) is 22.7 Å². The Morgan fingerprint density at radius 1 is 0.574 bits per heavy atom. The van der Waals surface area contributed by atoms with E-state index in [0.717, 1.165) is 36.4 Å². The Labute approximate surface area is 385 Å². The minimum absolute atomic E-state index is 0.